The van der Waals surface area contributed by atoms with Crippen LogP contribution in [0.3, 0.4) is 0 Å². The topological polar surface area (TPSA) is 62.3 Å². The molecular formula is C19H31N3O4S. The molecule has 27 heavy (non-hydrogen) atoms. The van der Waals surface area contributed by atoms with E-state index >= 15 is 0 Å². The van der Waals surface area contributed by atoms with E-state index in [9.17, 15) is 8.42 Å². The minimum Gasteiger partial charge on any atom is -0.497 e. The molecule has 0 aromatic heterocycles. The number of ether oxygens (including phenoxy) is 2. The van der Waals surface area contributed by atoms with Crippen LogP contribution in [0.5, 0.6) is 11.5 Å². The Hall–Kier alpha value is -1.35. The van der Waals surface area contributed by atoms with Crippen LogP contribution in [0.2, 0.25) is 0 Å². The molecule has 1 aromatic carbocycles. The van der Waals surface area contributed by atoms with E-state index in [1.807, 2.05) is 18.2 Å². The fourth-order valence-electron chi connectivity index (χ4n) is 3.80. The van der Waals surface area contributed by atoms with Gasteiger partial charge in [-0.3, -0.25) is 4.90 Å². The van der Waals surface area contributed by atoms with Crippen molar-refractivity contribution in [1.29, 1.82) is 0 Å². The van der Waals surface area contributed by atoms with Gasteiger partial charge >= 0.3 is 0 Å². The van der Waals surface area contributed by atoms with E-state index in [0.29, 0.717) is 39.3 Å². The van der Waals surface area contributed by atoms with Crippen LogP contribution in [-0.2, 0) is 16.8 Å². The van der Waals surface area contributed by atoms with Crippen molar-refractivity contribution >= 4 is 10.2 Å². The van der Waals surface area contributed by atoms with Crippen molar-refractivity contribution in [3.8, 4) is 11.5 Å². The first-order chi connectivity index (χ1) is 13.0. The van der Waals surface area contributed by atoms with Gasteiger partial charge in [0.25, 0.3) is 10.2 Å². The number of hydrogen-bond donors (Lipinski definition) is 0. The highest BCUT2D eigenvalue weighted by Crippen LogP contribution is 2.26. The number of nitrogens with zero attached hydrogens (tertiary/aromatic N) is 3. The highest BCUT2D eigenvalue weighted by atomic mass is 32.2. The molecule has 0 amide bonds. The summed E-state index contributed by atoms with van der Waals surface area (Å²) in [5.74, 6) is 1.63. The monoisotopic (exact) mass is 397 g/mol. The predicted octanol–water partition coefficient (Wildman–Crippen LogP) is 1.94. The minimum atomic E-state index is -3.33. The second-order valence-corrected chi connectivity index (χ2v) is 9.10. The second-order valence-electron chi connectivity index (χ2n) is 7.17. The van der Waals surface area contributed by atoms with Crippen molar-refractivity contribution in [2.75, 3.05) is 53.5 Å². The standard InChI is InChI=1S/C19H31N3O4S/c1-25-18-7-8-19(26-2)17(15-18)16-20-11-13-22(14-12-20)27(23,24)21-9-5-3-4-6-10-21/h7-8,15H,3-6,9-14,16H2,1-2H3. The van der Waals surface area contributed by atoms with Crippen LogP contribution < -0.4 is 9.47 Å². The first kappa shape index (κ1) is 20.4. The normalized spacial score (nSPS) is 21.0. The molecular weight excluding hydrogens is 366 g/mol. The van der Waals surface area contributed by atoms with Crippen LogP contribution in [0.4, 0.5) is 0 Å². The van der Waals surface area contributed by atoms with Crippen molar-refractivity contribution < 1.29 is 17.9 Å². The molecule has 2 fully saturated rings. The summed E-state index contributed by atoms with van der Waals surface area (Å²) in [6.45, 7) is 4.53. The van der Waals surface area contributed by atoms with E-state index in [1.54, 1.807) is 22.8 Å². The lowest BCUT2D eigenvalue weighted by atomic mass is 10.1. The van der Waals surface area contributed by atoms with E-state index < -0.39 is 10.2 Å². The highest BCUT2D eigenvalue weighted by Gasteiger charge is 2.32. The quantitative estimate of drug-likeness (QED) is 0.734. The van der Waals surface area contributed by atoms with Crippen LogP contribution in [0.1, 0.15) is 31.2 Å². The molecule has 0 spiro atoms. The van der Waals surface area contributed by atoms with E-state index in [0.717, 1.165) is 49.3 Å². The Kier molecular flexibility index (Phi) is 6.97. The summed E-state index contributed by atoms with van der Waals surface area (Å²) in [6, 6.07) is 5.78. The van der Waals surface area contributed by atoms with Gasteiger partial charge in [-0.25, -0.2) is 0 Å². The zero-order chi connectivity index (χ0) is 19.3. The third kappa shape index (κ3) is 4.93. The molecule has 2 aliphatic rings. The zero-order valence-electron chi connectivity index (χ0n) is 16.4. The van der Waals surface area contributed by atoms with Gasteiger partial charge in [-0.05, 0) is 31.0 Å². The second kappa shape index (κ2) is 9.23. The first-order valence-electron chi connectivity index (χ1n) is 9.73. The summed E-state index contributed by atoms with van der Waals surface area (Å²) in [5.41, 5.74) is 1.06. The lowest BCUT2D eigenvalue weighted by molar-refractivity contribution is 0.173. The van der Waals surface area contributed by atoms with E-state index in [4.69, 9.17) is 9.47 Å². The SMILES string of the molecule is COc1ccc(OC)c(CN2CCN(S(=O)(=O)N3CCCCCC3)CC2)c1. The Morgan fingerprint density at radius 1 is 0.852 bits per heavy atom. The fraction of sp³-hybridized carbons (Fsp3) is 0.684. The molecule has 0 atom stereocenters. The summed E-state index contributed by atoms with van der Waals surface area (Å²) >= 11 is 0. The molecule has 3 rings (SSSR count). The van der Waals surface area contributed by atoms with Crippen molar-refractivity contribution in [2.45, 2.75) is 32.2 Å². The van der Waals surface area contributed by atoms with Crippen LogP contribution in [-0.4, -0.2) is 75.4 Å². The van der Waals surface area contributed by atoms with Crippen molar-refractivity contribution in [3.63, 3.8) is 0 Å². The molecule has 8 heteroatoms. The van der Waals surface area contributed by atoms with Gasteiger partial charge in [0.05, 0.1) is 14.2 Å². The lowest BCUT2D eigenvalue weighted by Gasteiger charge is -2.36. The third-order valence-electron chi connectivity index (χ3n) is 5.43. The molecule has 0 saturated carbocycles. The molecule has 2 saturated heterocycles. The van der Waals surface area contributed by atoms with Crippen LogP contribution in [0.15, 0.2) is 18.2 Å². The van der Waals surface area contributed by atoms with Gasteiger partial charge in [0, 0.05) is 51.4 Å². The molecule has 0 aliphatic carbocycles. The maximum Gasteiger partial charge on any atom is 0.282 e. The van der Waals surface area contributed by atoms with Gasteiger partial charge in [-0.2, -0.15) is 17.0 Å². The fourth-order valence-corrected chi connectivity index (χ4v) is 5.47. The maximum absolute atomic E-state index is 12.9. The molecule has 7 nitrogen and oxygen atoms in total. The molecule has 2 heterocycles. The van der Waals surface area contributed by atoms with E-state index in [2.05, 4.69) is 4.90 Å². The van der Waals surface area contributed by atoms with Gasteiger partial charge in [0.1, 0.15) is 11.5 Å². The largest absolute Gasteiger partial charge is 0.497 e. The van der Waals surface area contributed by atoms with Crippen LogP contribution in [0, 0.1) is 0 Å². The minimum absolute atomic E-state index is 0.533. The highest BCUT2D eigenvalue weighted by molar-refractivity contribution is 7.86. The molecule has 1 aromatic rings. The number of piperazine rings is 1. The van der Waals surface area contributed by atoms with Gasteiger partial charge < -0.3 is 9.47 Å². The summed E-state index contributed by atoms with van der Waals surface area (Å²) < 4.78 is 40.0. The first-order valence-corrected chi connectivity index (χ1v) is 11.1. The molecule has 2 aliphatic heterocycles. The van der Waals surface area contributed by atoms with Crippen molar-refractivity contribution in [3.05, 3.63) is 23.8 Å². The van der Waals surface area contributed by atoms with Gasteiger partial charge in [0.15, 0.2) is 0 Å². The molecule has 0 bridgehead atoms. The molecule has 0 radical (unpaired) electrons. The average Bonchev–Trinajstić information content (AvgIpc) is 2.98. The van der Waals surface area contributed by atoms with Gasteiger partial charge in [-0.1, -0.05) is 12.8 Å². The summed E-state index contributed by atoms with van der Waals surface area (Å²) in [6.07, 6.45) is 4.19. The van der Waals surface area contributed by atoms with E-state index in [-0.39, 0.29) is 0 Å². The van der Waals surface area contributed by atoms with Gasteiger partial charge in [0.2, 0.25) is 0 Å². The smallest absolute Gasteiger partial charge is 0.282 e. The molecule has 152 valence electrons. The van der Waals surface area contributed by atoms with Gasteiger partial charge in [-0.15, -0.1) is 0 Å². The Balaban J connectivity index is 1.60. The number of rotatable bonds is 6. The predicted molar refractivity (Wildman–Crippen MR) is 105 cm³/mol. The maximum atomic E-state index is 12.9. The van der Waals surface area contributed by atoms with Crippen LogP contribution >= 0.6 is 0 Å². The summed E-state index contributed by atoms with van der Waals surface area (Å²) in [4.78, 5) is 2.27. The number of methoxy groups -OCH3 is 2. The van der Waals surface area contributed by atoms with Crippen molar-refractivity contribution in [1.82, 2.24) is 13.5 Å². The Morgan fingerprint density at radius 2 is 1.48 bits per heavy atom. The molecule has 0 unspecified atom stereocenters. The Labute approximate surface area is 163 Å². The lowest BCUT2D eigenvalue weighted by Crippen LogP contribution is -2.52. The third-order valence-corrected chi connectivity index (χ3v) is 7.47. The Morgan fingerprint density at radius 3 is 2.07 bits per heavy atom. The van der Waals surface area contributed by atoms with Crippen molar-refractivity contribution in [2.24, 2.45) is 0 Å². The zero-order valence-corrected chi connectivity index (χ0v) is 17.2. The number of hydrogen-bond acceptors (Lipinski definition) is 5. The number of benzene rings is 1. The van der Waals surface area contributed by atoms with Crippen LogP contribution in [0.25, 0.3) is 0 Å². The molecule has 0 N–H and O–H groups in total. The Bertz CT molecular complexity index is 710. The summed E-state index contributed by atoms with van der Waals surface area (Å²) in [7, 11) is -0.0183. The van der Waals surface area contributed by atoms with E-state index in [1.165, 1.54) is 0 Å². The average molecular weight is 398 g/mol. The summed E-state index contributed by atoms with van der Waals surface area (Å²) in [5, 5.41) is 0.